The van der Waals surface area contributed by atoms with Crippen LogP contribution < -0.4 is 0 Å². The van der Waals surface area contributed by atoms with Crippen LogP contribution >= 0.6 is 11.6 Å². The van der Waals surface area contributed by atoms with E-state index in [0.29, 0.717) is 23.8 Å². The number of aryl methyl sites for hydroxylation is 1. The van der Waals surface area contributed by atoms with E-state index in [9.17, 15) is 9.90 Å². The predicted molar refractivity (Wildman–Crippen MR) is 84.5 cm³/mol. The van der Waals surface area contributed by atoms with E-state index < -0.39 is 6.10 Å². The lowest BCUT2D eigenvalue weighted by Gasteiger charge is -2.29. The molecule has 1 N–H and O–H groups in total. The molecule has 0 aliphatic carbocycles. The molecule has 1 unspecified atom stereocenters. The van der Waals surface area contributed by atoms with Crippen molar-refractivity contribution in [3.63, 3.8) is 0 Å². The van der Waals surface area contributed by atoms with Gasteiger partial charge in [-0.3, -0.25) is 4.79 Å². The first-order valence-electron chi connectivity index (χ1n) is 7.35. The van der Waals surface area contributed by atoms with Gasteiger partial charge in [0.1, 0.15) is 0 Å². The lowest BCUT2D eigenvalue weighted by molar-refractivity contribution is 0.0468. The summed E-state index contributed by atoms with van der Waals surface area (Å²) in [6.07, 6.45) is 1.12. The van der Waals surface area contributed by atoms with E-state index >= 15 is 0 Å². The van der Waals surface area contributed by atoms with Crippen molar-refractivity contribution in [2.75, 3.05) is 13.1 Å². The van der Waals surface area contributed by atoms with Crippen LogP contribution in [0.3, 0.4) is 0 Å². The molecule has 1 aliphatic rings. The number of hydrogen-bond acceptors (Lipinski definition) is 3. The summed E-state index contributed by atoms with van der Waals surface area (Å²) in [5.74, 6) is -0.146. The number of para-hydroxylation sites is 1. The number of β-amino-alcohol motifs (C(OH)–C–C–N with tert-alkyl or cyclic N) is 1. The molecular weight excluding hydrogens is 302 g/mol. The molecule has 116 valence electrons. The molecule has 1 atom stereocenters. The zero-order valence-electron chi connectivity index (χ0n) is 12.4. The average molecular weight is 320 g/mol. The highest BCUT2D eigenvalue weighted by molar-refractivity contribution is 6.32. The molecule has 0 bridgehead atoms. The standard InChI is InChI=1S/C16H18ClN3O2/c1-11-9-14(16(22)19-8-4-5-12(21)10-19)18-20(11)15-7-3-2-6-13(15)17/h2-3,6-7,9,12,21H,4-5,8,10H2,1H3. The lowest BCUT2D eigenvalue weighted by atomic mass is 10.1. The number of aliphatic hydroxyl groups excluding tert-OH is 1. The first-order valence-corrected chi connectivity index (χ1v) is 7.73. The minimum absolute atomic E-state index is 0.146. The van der Waals surface area contributed by atoms with E-state index in [2.05, 4.69) is 5.10 Å². The molecule has 1 aromatic heterocycles. The fourth-order valence-electron chi connectivity index (χ4n) is 2.75. The Labute approximate surface area is 134 Å². The van der Waals surface area contributed by atoms with Gasteiger partial charge in [0.15, 0.2) is 5.69 Å². The number of carbonyl (C=O) groups excluding carboxylic acids is 1. The third kappa shape index (κ3) is 2.87. The van der Waals surface area contributed by atoms with E-state index in [1.54, 1.807) is 21.7 Å². The highest BCUT2D eigenvalue weighted by Crippen LogP contribution is 2.22. The number of aromatic nitrogens is 2. The zero-order chi connectivity index (χ0) is 15.7. The van der Waals surface area contributed by atoms with Crippen molar-refractivity contribution >= 4 is 17.5 Å². The fraction of sp³-hybridized carbons (Fsp3) is 0.375. The molecule has 0 saturated carbocycles. The van der Waals surface area contributed by atoms with Crippen molar-refractivity contribution in [2.45, 2.75) is 25.9 Å². The fourth-order valence-corrected chi connectivity index (χ4v) is 2.96. The molecule has 5 nitrogen and oxygen atoms in total. The average Bonchev–Trinajstić information content (AvgIpc) is 2.89. The molecule has 1 aromatic carbocycles. The van der Waals surface area contributed by atoms with Crippen LogP contribution in [-0.4, -0.2) is 44.9 Å². The maximum atomic E-state index is 12.5. The topological polar surface area (TPSA) is 58.4 Å². The van der Waals surface area contributed by atoms with Gasteiger partial charge >= 0.3 is 0 Å². The summed E-state index contributed by atoms with van der Waals surface area (Å²) in [6.45, 7) is 2.92. The van der Waals surface area contributed by atoms with Crippen molar-refractivity contribution in [1.82, 2.24) is 14.7 Å². The van der Waals surface area contributed by atoms with Crippen LogP contribution in [0.25, 0.3) is 5.69 Å². The Balaban J connectivity index is 1.89. The molecule has 6 heteroatoms. The van der Waals surface area contributed by atoms with Crippen molar-refractivity contribution in [3.05, 3.63) is 46.7 Å². The summed E-state index contributed by atoms with van der Waals surface area (Å²) < 4.78 is 1.68. The quantitative estimate of drug-likeness (QED) is 0.925. The highest BCUT2D eigenvalue weighted by Gasteiger charge is 2.25. The van der Waals surface area contributed by atoms with Gasteiger partial charge in [-0.2, -0.15) is 5.10 Å². The summed E-state index contributed by atoms with van der Waals surface area (Å²) in [5, 5.41) is 14.7. The third-order valence-electron chi connectivity index (χ3n) is 3.87. The minimum atomic E-state index is -0.440. The SMILES string of the molecule is Cc1cc(C(=O)N2CCCC(O)C2)nn1-c1ccccc1Cl. The Morgan fingerprint density at radius 3 is 2.91 bits per heavy atom. The van der Waals surface area contributed by atoms with Gasteiger partial charge in [0, 0.05) is 18.8 Å². The summed E-state index contributed by atoms with van der Waals surface area (Å²) in [6, 6.07) is 9.14. The summed E-state index contributed by atoms with van der Waals surface area (Å²) in [4.78, 5) is 14.2. The van der Waals surface area contributed by atoms with Crippen LogP contribution in [0.1, 0.15) is 29.0 Å². The molecule has 1 aliphatic heterocycles. The summed E-state index contributed by atoms with van der Waals surface area (Å²) in [5.41, 5.74) is 1.97. The van der Waals surface area contributed by atoms with Crippen LogP contribution in [0.2, 0.25) is 5.02 Å². The van der Waals surface area contributed by atoms with Crippen molar-refractivity contribution in [2.24, 2.45) is 0 Å². The molecule has 1 saturated heterocycles. The molecule has 2 aromatic rings. The molecule has 0 radical (unpaired) electrons. The van der Waals surface area contributed by atoms with Crippen LogP contribution in [0, 0.1) is 6.92 Å². The van der Waals surface area contributed by atoms with Gasteiger partial charge < -0.3 is 10.0 Å². The van der Waals surface area contributed by atoms with E-state index in [4.69, 9.17) is 11.6 Å². The molecule has 2 heterocycles. The first-order chi connectivity index (χ1) is 10.6. The van der Waals surface area contributed by atoms with E-state index in [1.165, 1.54) is 0 Å². The molecular formula is C16H18ClN3O2. The van der Waals surface area contributed by atoms with E-state index in [0.717, 1.165) is 24.2 Å². The number of amides is 1. The molecule has 22 heavy (non-hydrogen) atoms. The maximum absolute atomic E-state index is 12.5. The van der Waals surface area contributed by atoms with Gasteiger partial charge in [0.25, 0.3) is 5.91 Å². The van der Waals surface area contributed by atoms with Gasteiger partial charge in [-0.25, -0.2) is 4.68 Å². The number of piperidine rings is 1. The Kier molecular flexibility index (Phi) is 4.18. The Bertz CT molecular complexity index is 698. The Hall–Kier alpha value is -1.85. The predicted octanol–water partition coefficient (Wildman–Crippen LogP) is 2.43. The Morgan fingerprint density at radius 1 is 1.41 bits per heavy atom. The van der Waals surface area contributed by atoms with Crippen LogP contribution in [0.5, 0.6) is 0 Å². The smallest absolute Gasteiger partial charge is 0.274 e. The summed E-state index contributed by atoms with van der Waals surface area (Å²) in [7, 11) is 0. The number of hydrogen-bond donors (Lipinski definition) is 1. The zero-order valence-corrected chi connectivity index (χ0v) is 13.1. The highest BCUT2D eigenvalue weighted by atomic mass is 35.5. The largest absolute Gasteiger partial charge is 0.391 e. The minimum Gasteiger partial charge on any atom is -0.391 e. The third-order valence-corrected chi connectivity index (χ3v) is 4.19. The molecule has 1 fully saturated rings. The van der Waals surface area contributed by atoms with E-state index in [-0.39, 0.29) is 5.91 Å². The van der Waals surface area contributed by atoms with Gasteiger partial charge in [0.2, 0.25) is 0 Å². The first kappa shape index (κ1) is 15.1. The van der Waals surface area contributed by atoms with Crippen LogP contribution in [0.15, 0.2) is 30.3 Å². The number of carbonyl (C=O) groups is 1. The second-order valence-corrected chi connectivity index (χ2v) is 5.99. The van der Waals surface area contributed by atoms with E-state index in [1.807, 2.05) is 25.1 Å². The molecule has 0 spiro atoms. The van der Waals surface area contributed by atoms with Gasteiger partial charge in [-0.05, 0) is 38.0 Å². The van der Waals surface area contributed by atoms with Crippen molar-refractivity contribution < 1.29 is 9.90 Å². The molecule has 1 amide bonds. The molecule has 3 rings (SSSR count). The number of halogens is 1. The van der Waals surface area contributed by atoms with Gasteiger partial charge in [-0.15, -0.1) is 0 Å². The Morgan fingerprint density at radius 2 is 2.18 bits per heavy atom. The number of benzene rings is 1. The number of nitrogens with zero attached hydrogens (tertiary/aromatic N) is 3. The number of likely N-dealkylation sites (tertiary alicyclic amines) is 1. The normalized spacial score (nSPS) is 18.5. The van der Waals surface area contributed by atoms with Crippen LogP contribution in [-0.2, 0) is 0 Å². The second-order valence-electron chi connectivity index (χ2n) is 5.58. The number of rotatable bonds is 2. The monoisotopic (exact) mass is 319 g/mol. The van der Waals surface area contributed by atoms with Crippen molar-refractivity contribution in [1.29, 1.82) is 0 Å². The maximum Gasteiger partial charge on any atom is 0.274 e. The number of aliphatic hydroxyl groups is 1. The second kappa shape index (κ2) is 6.10. The lowest BCUT2D eigenvalue weighted by Crippen LogP contribution is -2.42. The van der Waals surface area contributed by atoms with Crippen LogP contribution in [0.4, 0.5) is 0 Å². The van der Waals surface area contributed by atoms with Crippen molar-refractivity contribution in [3.8, 4) is 5.69 Å². The summed E-state index contributed by atoms with van der Waals surface area (Å²) >= 11 is 6.20. The van der Waals surface area contributed by atoms with Gasteiger partial charge in [-0.1, -0.05) is 23.7 Å². The van der Waals surface area contributed by atoms with Gasteiger partial charge in [0.05, 0.1) is 16.8 Å².